The van der Waals surface area contributed by atoms with E-state index in [1.165, 1.54) is 18.4 Å². The Morgan fingerprint density at radius 1 is 0.870 bits per heavy atom. The van der Waals surface area contributed by atoms with Gasteiger partial charge in [0.15, 0.2) is 0 Å². The highest BCUT2D eigenvalue weighted by molar-refractivity contribution is 5.95. The predicted octanol–water partition coefficient (Wildman–Crippen LogP) is 3.27. The van der Waals surface area contributed by atoms with E-state index >= 15 is 0 Å². The fourth-order valence-corrected chi connectivity index (χ4v) is 3.90. The minimum atomic E-state index is 0.176. The van der Waals surface area contributed by atoms with Gasteiger partial charge in [-0.3, -0.25) is 9.69 Å². The number of carbonyl (C=O) groups is 1. The summed E-state index contributed by atoms with van der Waals surface area (Å²) in [6.45, 7) is 1.73. The Balaban J connectivity index is 1.51. The summed E-state index contributed by atoms with van der Waals surface area (Å²) in [5.41, 5.74) is 3.14. The van der Waals surface area contributed by atoms with Crippen molar-refractivity contribution in [2.45, 2.75) is 24.9 Å². The number of benzene rings is 2. The molecular formula is C20H22N2O. The smallest absolute Gasteiger partial charge is 0.253 e. The van der Waals surface area contributed by atoms with Crippen molar-refractivity contribution < 1.29 is 4.79 Å². The Bertz CT molecular complexity index is 681. The molecule has 2 saturated heterocycles. The standard InChI is InChI=1S/C20H22N2O/c1-21-18-11-12-19(21)14-22(13-18)20(23)17-9-7-16(8-10-17)15-5-3-2-4-6-15/h2-10,18-19H,11-14H2,1H3. The lowest BCUT2D eigenvalue weighted by Crippen LogP contribution is -2.53. The lowest BCUT2D eigenvalue weighted by Gasteiger charge is -2.38. The Kier molecular flexibility index (Phi) is 3.66. The van der Waals surface area contributed by atoms with Gasteiger partial charge >= 0.3 is 0 Å². The lowest BCUT2D eigenvalue weighted by molar-refractivity contribution is 0.0524. The molecule has 2 bridgehead atoms. The van der Waals surface area contributed by atoms with Crippen molar-refractivity contribution in [1.29, 1.82) is 0 Å². The molecule has 3 heteroatoms. The maximum atomic E-state index is 12.8. The Labute approximate surface area is 137 Å². The third-order valence-corrected chi connectivity index (χ3v) is 5.37. The molecule has 4 rings (SSSR count). The molecular weight excluding hydrogens is 284 g/mol. The van der Waals surface area contributed by atoms with Crippen LogP contribution < -0.4 is 0 Å². The van der Waals surface area contributed by atoms with E-state index in [4.69, 9.17) is 0 Å². The Hall–Kier alpha value is -2.13. The number of piperazine rings is 1. The molecule has 0 aromatic heterocycles. The number of carbonyl (C=O) groups excluding carboxylic acids is 1. The zero-order valence-electron chi connectivity index (χ0n) is 13.5. The summed E-state index contributed by atoms with van der Waals surface area (Å²) in [4.78, 5) is 17.3. The molecule has 2 heterocycles. The second kappa shape index (κ2) is 5.82. The van der Waals surface area contributed by atoms with Gasteiger partial charge in [0, 0.05) is 30.7 Å². The Morgan fingerprint density at radius 3 is 2.04 bits per heavy atom. The van der Waals surface area contributed by atoms with Crippen LogP contribution in [0.3, 0.4) is 0 Å². The van der Waals surface area contributed by atoms with E-state index in [0.29, 0.717) is 12.1 Å². The van der Waals surface area contributed by atoms with Crippen molar-refractivity contribution in [2.24, 2.45) is 0 Å². The van der Waals surface area contributed by atoms with Crippen LogP contribution in [-0.2, 0) is 0 Å². The van der Waals surface area contributed by atoms with Crippen LogP contribution in [0.1, 0.15) is 23.2 Å². The summed E-state index contributed by atoms with van der Waals surface area (Å²) in [6, 6.07) is 19.4. The normalized spacial score (nSPS) is 24.0. The average molecular weight is 306 g/mol. The summed E-state index contributed by atoms with van der Waals surface area (Å²) < 4.78 is 0. The molecule has 2 aromatic rings. The molecule has 118 valence electrons. The highest BCUT2D eigenvalue weighted by Crippen LogP contribution is 2.29. The average Bonchev–Trinajstić information content (AvgIpc) is 2.83. The van der Waals surface area contributed by atoms with Gasteiger partial charge in [0.2, 0.25) is 0 Å². The lowest BCUT2D eigenvalue weighted by atomic mass is 10.0. The van der Waals surface area contributed by atoms with Crippen LogP contribution in [0.5, 0.6) is 0 Å². The Morgan fingerprint density at radius 2 is 1.43 bits per heavy atom. The molecule has 0 spiro atoms. The summed E-state index contributed by atoms with van der Waals surface area (Å²) in [5.74, 6) is 0.176. The van der Waals surface area contributed by atoms with E-state index < -0.39 is 0 Å². The number of nitrogens with zero attached hydrogens (tertiary/aromatic N) is 2. The second-order valence-electron chi connectivity index (χ2n) is 6.70. The van der Waals surface area contributed by atoms with Gasteiger partial charge in [0.05, 0.1) is 0 Å². The summed E-state index contributed by atoms with van der Waals surface area (Å²) in [5, 5.41) is 0. The highest BCUT2D eigenvalue weighted by atomic mass is 16.2. The molecule has 2 fully saturated rings. The van der Waals surface area contributed by atoms with Gasteiger partial charge in [-0.05, 0) is 43.1 Å². The van der Waals surface area contributed by atoms with Gasteiger partial charge in [0.1, 0.15) is 0 Å². The number of amides is 1. The maximum Gasteiger partial charge on any atom is 0.253 e. The number of rotatable bonds is 2. The second-order valence-corrected chi connectivity index (χ2v) is 6.70. The topological polar surface area (TPSA) is 23.6 Å². The number of likely N-dealkylation sites (tertiary alicyclic amines) is 1. The molecule has 2 atom stereocenters. The molecule has 1 amide bonds. The zero-order chi connectivity index (χ0) is 15.8. The third-order valence-electron chi connectivity index (χ3n) is 5.37. The van der Waals surface area contributed by atoms with Crippen LogP contribution in [0, 0.1) is 0 Å². The third kappa shape index (κ3) is 2.66. The van der Waals surface area contributed by atoms with Gasteiger partial charge < -0.3 is 4.90 Å². The van der Waals surface area contributed by atoms with E-state index in [-0.39, 0.29) is 5.91 Å². The van der Waals surface area contributed by atoms with Crippen molar-refractivity contribution in [3.8, 4) is 11.1 Å². The molecule has 2 unspecified atom stereocenters. The summed E-state index contributed by atoms with van der Waals surface area (Å²) >= 11 is 0. The van der Waals surface area contributed by atoms with Crippen molar-refractivity contribution >= 4 is 5.91 Å². The van der Waals surface area contributed by atoms with Crippen molar-refractivity contribution in [2.75, 3.05) is 20.1 Å². The SMILES string of the molecule is CN1C2CCC1CN(C(=O)c1ccc(-c3ccccc3)cc1)C2. The van der Waals surface area contributed by atoms with E-state index in [1.807, 2.05) is 47.4 Å². The highest BCUT2D eigenvalue weighted by Gasteiger charge is 2.39. The van der Waals surface area contributed by atoms with E-state index in [9.17, 15) is 4.79 Å². The minimum Gasteiger partial charge on any atom is -0.336 e. The quantitative estimate of drug-likeness (QED) is 0.850. The monoisotopic (exact) mass is 306 g/mol. The number of hydrogen-bond acceptors (Lipinski definition) is 2. The first-order chi connectivity index (χ1) is 11.2. The van der Waals surface area contributed by atoms with Crippen LogP contribution in [0.15, 0.2) is 54.6 Å². The van der Waals surface area contributed by atoms with Crippen molar-refractivity contribution in [1.82, 2.24) is 9.80 Å². The number of likely N-dealkylation sites (N-methyl/N-ethyl adjacent to an activating group) is 1. The van der Waals surface area contributed by atoms with Gasteiger partial charge in [-0.1, -0.05) is 42.5 Å². The molecule has 23 heavy (non-hydrogen) atoms. The molecule has 2 aliphatic heterocycles. The fraction of sp³-hybridized carbons (Fsp3) is 0.350. The summed E-state index contributed by atoms with van der Waals surface area (Å²) in [7, 11) is 2.19. The minimum absolute atomic E-state index is 0.176. The molecule has 0 radical (unpaired) electrons. The van der Waals surface area contributed by atoms with Gasteiger partial charge in [-0.25, -0.2) is 0 Å². The van der Waals surface area contributed by atoms with Crippen LogP contribution in [0.4, 0.5) is 0 Å². The molecule has 0 aliphatic carbocycles. The van der Waals surface area contributed by atoms with E-state index in [1.54, 1.807) is 0 Å². The van der Waals surface area contributed by atoms with Crippen LogP contribution in [-0.4, -0.2) is 47.9 Å². The van der Waals surface area contributed by atoms with Crippen molar-refractivity contribution in [3.63, 3.8) is 0 Å². The molecule has 2 aromatic carbocycles. The van der Waals surface area contributed by atoms with Crippen LogP contribution >= 0.6 is 0 Å². The first kappa shape index (κ1) is 14.5. The van der Waals surface area contributed by atoms with Crippen molar-refractivity contribution in [3.05, 3.63) is 60.2 Å². The zero-order valence-corrected chi connectivity index (χ0v) is 13.5. The van der Waals surface area contributed by atoms with Crippen LogP contribution in [0.2, 0.25) is 0 Å². The van der Waals surface area contributed by atoms with Gasteiger partial charge in [0.25, 0.3) is 5.91 Å². The van der Waals surface area contributed by atoms with E-state index in [0.717, 1.165) is 24.2 Å². The number of fused-ring (bicyclic) bond motifs is 2. The molecule has 2 aliphatic rings. The summed E-state index contributed by atoms with van der Waals surface area (Å²) in [6.07, 6.45) is 2.44. The number of hydrogen-bond donors (Lipinski definition) is 0. The maximum absolute atomic E-state index is 12.8. The largest absolute Gasteiger partial charge is 0.336 e. The molecule has 3 nitrogen and oxygen atoms in total. The predicted molar refractivity (Wildman–Crippen MR) is 92.4 cm³/mol. The van der Waals surface area contributed by atoms with Crippen LogP contribution in [0.25, 0.3) is 11.1 Å². The van der Waals surface area contributed by atoms with E-state index in [2.05, 4.69) is 24.1 Å². The molecule has 0 N–H and O–H groups in total. The fourth-order valence-electron chi connectivity index (χ4n) is 3.90. The van der Waals surface area contributed by atoms with Gasteiger partial charge in [-0.15, -0.1) is 0 Å². The first-order valence-corrected chi connectivity index (χ1v) is 8.39. The van der Waals surface area contributed by atoms with Gasteiger partial charge in [-0.2, -0.15) is 0 Å². The molecule has 0 saturated carbocycles. The first-order valence-electron chi connectivity index (χ1n) is 8.39.